The molecule has 290 valence electrons. The molecule has 2 N–H and O–H groups in total. The molecule has 4 amide bonds. The molecule has 10 nitrogen and oxygen atoms in total. The van der Waals surface area contributed by atoms with Crippen LogP contribution in [-0.2, 0) is 37.4 Å². The number of unbranched alkanes of at least 4 members (excludes halogenated alkanes) is 12. The van der Waals surface area contributed by atoms with E-state index < -0.39 is 11.0 Å². The van der Waals surface area contributed by atoms with E-state index in [0.29, 0.717) is 43.9 Å². The number of piperidine rings is 1. The Labute approximate surface area is 317 Å². The van der Waals surface area contributed by atoms with Crippen LogP contribution in [0.2, 0.25) is 0 Å². The number of nitrogens with one attached hydrogen (secondary N) is 2. The molecule has 0 radical (unpaired) electrons. The number of benzene rings is 1. The standard InChI is InChI=1S/C43H63N5O5/c1-5-6-7-8-9-10-11-12-13-14-15-16-17-22-38(50)48(35-20-19-26-47(30-35)41(52)53-42(2,3)4)31-37(49)45-34-24-23-32-28-43(29-33(32)27-34)36-21-18-25-44-39(36)46-40(43)51/h18,21,23-25,27,35H,5-17,19-20,22,26,28-31H2,1-4H3,(H,45,49)(H,44,46,51)/t35-,43+/m0/s1. The summed E-state index contributed by atoms with van der Waals surface area (Å²) in [4.78, 5) is 61.4. The first-order valence-corrected chi connectivity index (χ1v) is 20.4. The number of pyridine rings is 1. The van der Waals surface area contributed by atoms with Crippen LogP contribution < -0.4 is 10.6 Å². The lowest BCUT2D eigenvalue weighted by Gasteiger charge is -2.39. The molecule has 3 heterocycles. The summed E-state index contributed by atoms with van der Waals surface area (Å²) in [7, 11) is 0. The van der Waals surface area contributed by atoms with Crippen molar-refractivity contribution in [3.63, 3.8) is 0 Å². The lowest BCUT2D eigenvalue weighted by molar-refractivity contribution is -0.138. The van der Waals surface area contributed by atoms with Crippen molar-refractivity contribution in [1.82, 2.24) is 14.8 Å². The van der Waals surface area contributed by atoms with Gasteiger partial charge in [-0.15, -0.1) is 0 Å². The van der Waals surface area contributed by atoms with Crippen LogP contribution >= 0.6 is 0 Å². The molecule has 1 spiro atoms. The number of amides is 4. The minimum absolute atomic E-state index is 0.0430. The van der Waals surface area contributed by atoms with Gasteiger partial charge in [0.1, 0.15) is 18.0 Å². The van der Waals surface area contributed by atoms with Crippen molar-refractivity contribution in [3.05, 3.63) is 53.2 Å². The second-order valence-corrected chi connectivity index (χ2v) is 16.6. The Bertz CT molecular complexity index is 1570. The van der Waals surface area contributed by atoms with E-state index in [-0.39, 0.29) is 36.4 Å². The van der Waals surface area contributed by atoms with Gasteiger partial charge in [-0.3, -0.25) is 14.4 Å². The molecule has 0 saturated carbocycles. The SMILES string of the molecule is CCCCCCCCCCCCCCCC(=O)N(CC(=O)Nc1ccc2c(c1)C[C@@]1(C2)C(=O)Nc2ncccc21)[C@H]1CCCN(C(=O)OC(C)(C)C)C1. The van der Waals surface area contributed by atoms with Crippen LogP contribution in [0.4, 0.5) is 16.3 Å². The van der Waals surface area contributed by atoms with Gasteiger partial charge in [0.05, 0.1) is 11.5 Å². The van der Waals surface area contributed by atoms with E-state index >= 15 is 0 Å². The number of ether oxygens (including phenoxy) is 1. The van der Waals surface area contributed by atoms with E-state index in [0.717, 1.165) is 48.8 Å². The number of hydrogen-bond donors (Lipinski definition) is 2. The van der Waals surface area contributed by atoms with Crippen LogP contribution in [0.3, 0.4) is 0 Å². The molecule has 0 bridgehead atoms. The van der Waals surface area contributed by atoms with E-state index in [1.807, 2.05) is 51.1 Å². The third kappa shape index (κ3) is 11.0. The van der Waals surface area contributed by atoms with Crippen LogP contribution in [0.15, 0.2) is 36.5 Å². The molecule has 10 heteroatoms. The highest BCUT2D eigenvalue weighted by Gasteiger charge is 2.51. The highest BCUT2D eigenvalue weighted by atomic mass is 16.6. The van der Waals surface area contributed by atoms with Gasteiger partial charge >= 0.3 is 6.09 Å². The summed E-state index contributed by atoms with van der Waals surface area (Å²) in [6.45, 7) is 8.61. The van der Waals surface area contributed by atoms with E-state index in [9.17, 15) is 19.2 Å². The van der Waals surface area contributed by atoms with Crippen LogP contribution in [0.5, 0.6) is 0 Å². The average Bonchev–Trinajstić information content (AvgIpc) is 3.64. The molecule has 1 saturated heterocycles. The summed E-state index contributed by atoms with van der Waals surface area (Å²) in [5.41, 5.74) is 2.34. The zero-order valence-corrected chi connectivity index (χ0v) is 32.8. The Balaban J connectivity index is 1.15. The van der Waals surface area contributed by atoms with Crippen molar-refractivity contribution in [2.45, 2.75) is 160 Å². The molecule has 53 heavy (non-hydrogen) atoms. The second-order valence-electron chi connectivity index (χ2n) is 16.6. The topological polar surface area (TPSA) is 121 Å². The number of likely N-dealkylation sites (tertiary alicyclic amines) is 1. The molecule has 2 atom stereocenters. The number of hydrogen-bond acceptors (Lipinski definition) is 6. The molecule has 1 aromatic carbocycles. The lowest BCUT2D eigenvalue weighted by atomic mass is 9.79. The van der Waals surface area contributed by atoms with Gasteiger partial charge in [-0.2, -0.15) is 0 Å². The maximum atomic E-state index is 13.8. The third-order valence-electron chi connectivity index (χ3n) is 11.1. The minimum Gasteiger partial charge on any atom is -0.444 e. The first-order chi connectivity index (χ1) is 25.5. The number of anilines is 2. The minimum atomic E-state index is -0.688. The van der Waals surface area contributed by atoms with E-state index in [4.69, 9.17) is 4.74 Å². The van der Waals surface area contributed by atoms with Crippen LogP contribution in [-0.4, -0.2) is 69.9 Å². The molecule has 2 aliphatic heterocycles. The highest BCUT2D eigenvalue weighted by molar-refractivity contribution is 6.06. The normalized spacial score (nSPS) is 19.1. The van der Waals surface area contributed by atoms with Gasteiger partial charge in [0.2, 0.25) is 17.7 Å². The maximum absolute atomic E-state index is 13.8. The largest absolute Gasteiger partial charge is 0.444 e. The van der Waals surface area contributed by atoms with Crippen molar-refractivity contribution < 1.29 is 23.9 Å². The van der Waals surface area contributed by atoms with Gasteiger partial charge in [0.25, 0.3) is 0 Å². The number of nitrogens with zero attached hydrogens (tertiary/aromatic N) is 3. The van der Waals surface area contributed by atoms with Gasteiger partial charge in [-0.1, -0.05) is 96.1 Å². The Hall–Kier alpha value is -3.95. The van der Waals surface area contributed by atoms with Gasteiger partial charge in [-0.05, 0) is 82.2 Å². The molecule has 5 rings (SSSR count). The molecule has 1 aliphatic carbocycles. The average molecular weight is 730 g/mol. The van der Waals surface area contributed by atoms with Crippen molar-refractivity contribution in [1.29, 1.82) is 0 Å². The van der Waals surface area contributed by atoms with Crippen LogP contribution in [0.25, 0.3) is 0 Å². The predicted octanol–water partition coefficient (Wildman–Crippen LogP) is 8.72. The van der Waals surface area contributed by atoms with Crippen molar-refractivity contribution in [3.8, 4) is 0 Å². The Morgan fingerprint density at radius 1 is 0.943 bits per heavy atom. The third-order valence-corrected chi connectivity index (χ3v) is 11.1. The lowest BCUT2D eigenvalue weighted by Crippen LogP contribution is -2.54. The first kappa shape index (κ1) is 40.2. The molecular formula is C43H63N5O5. The van der Waals surface area contributed by atoms with E-state index in [1.165, 1.54) is 64.2 Å². The Kier molecular flexibility index (Phi) is 14.3. The molecule has 1 fully saturated rings. The summed E-state index contributed by atoms with van der Waals surface area (Å²) >= 11 is 0. The first-order valence-electron chi connectivity index (χ1n) is 20.4. The molecule has 2 aromatic rings. The van der Waals surface area contributed by atoms with Gasteiger partial charge in [0.15, 0.2) is 0 Å². The summed E-state index contributed by atoms with van der Waals surface area (Å²) in [5, 5.41) is 5.98. The Morgan fingerprint density at radius 2 is 1.60 bits per heavy atom. The number of carbonyl (C=O) groups is 4. The zero-order chi connectivity index (χ0) is 37.8. The fourth-order valence-corrected chi connectivity index (χ4v) is 8.26. The monoisotopic (exact) mass is 729 g/mol. The van der Waals surface area contributed by atoms with Crippen LogP contribution in [0.1, 0.15) is 147 Å². The quantitative estimate of drug-likeness (QED) is 0.148. The fourth-order valence-electron chi connectivity index (χ4n) is 8.26. The number of fused-ring (bicyclic) bond motifs is 3. The van der Waals surface area contributed by atoms with Gasteiger partial charge in [0, 0.05) is 37.0 Å². The number of aromatic nitrogens is 1. The summed E-state index contributed by atoms with van der Waals surface area (Å²) < 4.78 is 5.65. The zero-order valence-electron chi connectivity index (χ0n) is 32.8. The number of carbonyl (C=O) groups excluding carboxylic acids is 4. The van der Waals surface area contributed by atoms with Gasteiger partial charge in [-0.25, -0.2) is 9.78 Å². The molecule has 3 aliphatic rings. The van der Waals surface area contributed by atoms with Crippen molar-refractivity contribution in [2.24, 2.45) is 0 Å². The Morgan fingerprint density at radius 3 is 2.28 bits per heavy atom. The number of rotatable bonds is 18. The summed E-state index contributed by atoms with van der Waals surface area (Å²) in [6.07, 6.45) is 20.3. The highest BCUT2D eigenvalue weighted by Crippen LogP contribution is 2.47. The van der Waals surface area contributed by atoms with Crippen molar-refractivity contribution >= 4 is 35.3 Å². The predicted molar refractivity (Wildman–Crippen MR) is 210 cm³/mol. The smallest absolute Gasteiger partial charge is 0.410 e. The van der Waals surface area contributed by atoms with E-state index in [1.54, 1.807) is 16.0 Å². The summed E-state index contributed by atoms with van der Waals surface area (Å²) in [6, 6.07) is 9.36. The van der Waals surface area contributed by atoms with E-state index in [2.05, 4.69) is 22.5 Å². The van der Waals surface area contributed by atoms with Gasteiger partial charge < -0.3 is 25.2 Å². The summed E-state index contributed by atoms with van der Waals surface area (Å²) in [5.74, 6) is 0.252. The molecule has 1 aromatic heterocycles. The van der Waals surface area contributed by atoms with Crippen molar-refractivity contribution in [2.75, 3.05) is 30.3 Å². The fraction of sp³-hybridized carbons (Fsp3) is 0.651. The molecular weight excluding hydrogens is 667 g/mol. The second kappa shape index (κ2) is 18.9. The molecule has 0 unspecified atom stereocenters. The maximum Gasteiger partial charge on any atom is 0.410 e. The van der Waals surface area contributed by atoms with Crippen LogP contribution in [0, 0.1) is 0 Å².